The molecule has 2 heteroatoms. The monoisotopic (exact) mass is 192 g/mol. The minimum atomic E-state index is 0.676. The first-order valence-corrected chi connectivity index (χ1v) is 5.38. The van der Waals surface area contributed by atoms with Crippen LogP contribution >= 0.6 is 0 Å². The molecule has 14 heavy (non-hydrogen) atoms. The standard InChI is InChI=1S/C10H14N2.C2H6/c1-7-2-5-10(9(11)6-7)12-8-3-4-8;1-2/h2,5-6,8,12H,3-4,11H2,1H3;1-2H3. The van der Waals surface area contributed by atoms with Gasteiger partial charge in [-0.25, -0.2) is 0 Å². The fourth-order valence-electron chi connectivity index (χ4n) is 1.26. The van der Waals surface area contributed by atoms with Gasteiger partial charge in [-0.15, -0.1) is 0 Å². The number of nitrogens with one attached hydrogen (secondary N) is 1. The van der Waals surface area contributed by atoms with Crippen molar-refractivity contribution < 1.29 is 0 Å². The van der Waals surface area contributed by atoms with Crippen LogP contribution in [0.2, 0.25) is 0 Å². The topological polar surface area (TPSA) is 38.0 Å². The minimum Gasteiger partial charge on any atom is -0.397 e. The van der Waals surface area contributed by atoms with Crippen LogP contribution in [0.5, 0.6) is 0 Å². The van der Waals surface area contributed by atoms with Crippen molar-refractivity contribution in [1.29, 1.82) is 0 Å². The second kappa shape index (κ2) is 4.89. The first-order valence-electron chi connectivity index (χ1n) is 5.38. The summed E-state index contributed by atoms with van der Waals surface area (Å²) < 4.78 is 0. The largest absolute Gasteiger partial charge is 0.397 e. The Kier molecular flexibility index (Phi) is 3.81. The third kappa shape index (κ3) is 2.95. The Balaban J connectivity index is 0.000000461. The van der Waals surface area contributed by atoms with Crippen molar-refractivity contribution in [3.05, 3.63) is 23.8 Å². The maximum atomic E-state index is 5.83. The van der Waals surface area contributed by atoms with Crippen LogP contribution in [0.1, 0.15) is 32.3 Å². The highest BCUT2D eigenvalue weighted by Crippen LogP contribution is 2.28. The van der Waals surface area contributed by atoms with E-state index in [0.29, 0.717) is 6.04 Å². The molecule has 0 amide bonds. The van der Waals surface area contributed by atoms with Crippen LogP contribution in [0.15, 0.2) is 18.2 Å². The molecule has 0 spiro atoms. The van der Waals surface area contributed by atoms with Gasteiger partial charge in [-0.1, -0.05) is 19.9 Å². The van der Waals surface area contributed by atoms with Crippen LogP contribution < -0.4 is 11.1 Å². The Morgan fingerprint density at radius 2 is 1.93 bits per heavy atom. The van der Waals surface area contributed by atoms with Crippen LogP contribution in [0.25, 0.3) is 0 Å². The van der Waals surface area contributed by atoms with Crippen LogP contribution in [-0.4, -0.2) is 6.04 Å². The van der Waals surface area contributed by atoms with E-state index in [0.717, 1.165) is 11.4 Å². The summed E-state index contributed by atoms with van der Waals surface area (Å²) in [5.74, 6) is 0. The number of nitrogen functional groups attached to an aromatic ring is 1. The highest BCUT2D eigenvalue weighted by Gasteiger charge is 2.21. The lowest BCUT2D eigenvalue weighted by Crippen LogP contribution is -2.03. The van der Waals surface area contributed by atoms with E-state index in [1.54, 1.807) is 0 Å². The Bertz CT molecular complexity index is 290. The van der Waals surface area contributed by atoms with Crippen LogP contribution in [0, 0.1) is 6.92 Å². The van der Waals surface area contributed by atoms with E-state index in [1.165, 1.54) is 18.4 Å². The third-order valence-corrected chi connectivity index (χ3v) is 2.14. The van der Waals surface area contributed by atoms with Gasteiger partial charge >= 0.3 is 0 Å². The van der Waals surface area contributed by atoms with Crippen LogP contribution in [0.3, 0.4) is 0 Å². The van der Waals surface area contributed by atoms with Gasteiger partial charge in [0.1, 0.15) is 0 Å². The summed E-state index contributed by atoms with van der Waals surface area (Å²) in [7, 11) is 0. The zero-order valence-electron chi connectivity index (χ0n) is 9.30. The van der Waals surface area contributed by atoms with Gasteiger partial charge in [0.05, 0.1) is 11.4 Å². The lowest BCUT2D eigenvalue weighted by Gasteiger charge is -2.08. The molecule has 1 aliphatic rings. The average molecular weight is 192 g/mol. The molecule has 3 N–H and O–H groups in total. The molecule has 0 aliphatic heterocycles. The molecule has 0 bridgehead atoms. The molecule has 78 valence electrons. The number of hydrogen-bond acceptors (Lipinski definition) is 2. The lowest BCUT2D eigenvalue weighted by atomic mass is 10.2. The summed E-state index contributed by atoms with van der Waals surface area (Å²) in [5.41, 5.74) is 9.00. The Labute approximate surface area is 86.5 Å². The summed E-state index contributed by atoms with van der Waals surface area (Å²) in [6.07, 6.45) is 2.57. The molecule has 0 unspecified atom stereocenters. The first-order chi connectivity index (χ1) is 6.75. The molecule has 1 fully saturated rings. The van der Waals surface area contributed by atoms with Crippen molar-refractivity contribution in [3.63, 3.8) is 0 Å². The van der Waals surface area contributed by atoms with Gasteiger partial charge in [-0.3, -0.25) is 0 Å². The first kappa shape index (κ1) is 10.9. The third-order valence-electron chi connectivity index (χ3n) is 2.14. The van der Waals surface area contributed by atoms with Gasteiger partial charge in [0.25, 0.3) is 0 Å². The molecule has 1 aromatic carbocycles. The van der Waals surface area contributed by atoms with Gasteiger partial charge in [0.15, 0.2) is 0 Å². The van der Waals surface area contributed by atoms with E-state index in [2.05, 4.69) is 24.4 Å². The Morgan fingerprint density at radius 1 is 1.29 bits per heavy atom. The maximum Gasteiger partial charge on any atom is 0.0576 e. The molecule has 1 aromatic rings. The summed E-state index contributed by atoms with van der Waals surface area (Å²) in [5, 5.41) is 3.39. The molecule has 0 atom stereocenters. The summed E-state index contributed by atoms with van der Waals surface area (Å²) in [6, 6.07) is 6.82. The summed E-state index contributed by atoms with van der Waals surface area (Å²) >= 11 is 0. The smallest absolute Gasteiger partial charge is 0.0576 e. The molecule has 0 radical (unpaired) electrons. The molecule has 2 nitrogen and oxygen atoms in total. The predicted molar refractivity (Wildman–Crippen MR) is 63.6 cm³/mol. The Hall–Kier alpha value is -1.18. The Morgan fingerprint density at radius 3 is 2.43 bits per heavy atom. The summed E-state index contributed by atoms with van der Waals surface area (Å²) in [4.78, 5) is 0. The number of nitrogens with two attached hydrogens (primary N) is 1. The van der Waals surface area contributed by atoms with Crippen molar-refractivity contribution in [1.82, 2.24) is 0 Å². The van der Waals surface area contributed by atoms with Gasteiger partial charge in [0.2, 0.25) is 0 Å². The second-order valence-corrected chi connectivity index (χ2v) is 3.51. The van der Waals surface area contributed by atoms with E-state index >= 15 is 0 Å². The van der Waals surface area contributed by atoms with Crippen molar-refractivity contribution in [2.45, 2.75) is 39.7 Å². The zero-order chi connectivity index (χ0) is 10.6. The highest BCUT2D eigenvalue weighted by molar-refractivity contribution is 5.67. The molecule has 2 rings (SSSR count). The molecule has 0 saturated heterocycles. The summed E-state index contributed by atoms with van der Waals surface area (Å²) in [6.45, 7) is 6.05. The van der Waals surface area contributed by atoms with Crippen LogP contribution in [0.4, 0.5) is 11.4 Å². The molecule has 0 heterocycles. The number of aryl methyl sites for hydroxylation is 1. The molecule has 1 aliphatic carbocycles. The number of hydrogen-bond donors (Lipinski definition) is 2. The van der Waals surface area contributed by atoms with E-state index in [-0.39, 0.29) is 0 Å². The van der Waals surface area contributed by atoms with Gasteiger partial charge in [-0.05, 0) is 37.5 Å². The van der Waals surface area contributed by atoms with Gasteiger partial charge in [0, 0.05) is 6.04 Å². The quantitative estimate of drug-likeness (QED) is 0.706. The van der Waals surface area contributed by atoms with Gasteiger partial charge < -0.3 is 11.1 Å². The number of anilines is 2. The van der Waals surface area contributed by atoms with Crippen molar-refractivity contribution in [2.75, 3.05) is 11.1 Å². The number of rotatable bonds is 2. The molecule has 1 saturated carbocycles. The molecular weight excluding hydrogens is 172 g/mol. The zero-order valence-corrected chi connectivity index (χ0v) is 9.30. The molecular formula is C12H20N2. The predicted octanol–water partition coefficient (Wildman–Crippen LogP) is 3.18. The van der Waals surface area contributed by atoms with E-state index in [1.807, 2.05) is 19.9 Å². The van der Waals surface area contributed by atoms with Gasteiger partial charge in [-0.2, -0.15) is 0 Å². The van der Waals surface area contributed by atoms with Crippen LogP contribution in [-0.2, 0) is 0 Å². The average Bonchev–Trinajstić information content (AvgIpc) is 2.97. The fraction of sp³-hybridized carbons (Fsp3) is 0.500. The van der Waals surface area contributed by atoms with Crippen molar-refractivity contribution >= 4 is 11.4 Å². The fourth-order valence-corrected chi connectivity index (χ4v) is 1.26. The van der Waals surface area contributed by atoms with E-state index in [4.69, 9.17) is 5.73 Å². The second-order valence-electron chi connectivity index (χ2n) is 3.51. The highest BCUT2D eigenvalue weighted by atomic mass is 15.0. The van der Waals surface area contributed by atoms with Crippen molar-refractivity contribution in [2.24, 2.45) is 0 Å². The molecule has 0 aromatic heterocycles. The van der Waals surface area contributed by atoms with E-state index < -0.39 is 0 Å². The van der Waals surface area contributed by atoms with Crippen molar-refractivity contribution in [3.8, 4) is 0 Å². The van der Waals surface area contributed by atoms with E-state index in [9.17, 15) is 0 Å². The maximum absolute atomic E-state index is 5.83. The lowest BCUT2D eigenvalue weighted by molar-refractivity contribution is 1.16. The minimum absolute atomic E-state index is 0.676. The number of benzene rings is 1. The SMILES string of the molecule is CC.Cc1ccc(NC2CC2)c(N)c1. The normalized spacial score (nSPS) is 14.2.